The molecule has 0 saturated carbocycles. The number of likely N-dealkylation sites (tertiary alicyclic amines) is 1. The number of halogens is 1. The maximum absolute atomic E-state index is 12.3. The molecule has 1 saturated heterocycles. The first-order valence-electron chi connectivity index (χ1n) is 5.80. The molecule has 0 radical (unpaired) electrons. The summed E-state index contributed by atoms with van der Waals surface area (Å²) >= 11 is 5.84. The topological polar surface area (TPSA) is 57.6 Å². The van der Waals surface area contributed by atoms with E-state index in [2.05, 4.69) is 0 Å². The van der Waals surface area contributed by atoms with E-state index in [0.29, 0.717) is 23.6 Å². The Morgan fingerprint density at radius 2 is 2.17 bits per heavy atom. The zero-order valence-corrected chi connectivity index (χ0v) is 10.8. The smallest absolute Gasteiger partial charge is 0.326 e. The predicted octanol–water partition coefficient (Wildman–Crippen LogP) is 2.34. The number of aliphatic carboxylic acids is 1. The molecule has 1 aromatic rings. The van der Waals surface area contributed by atoms with E-state index in [-0.39, 0.29) is 5.91 Å². The number of hydrogen-bond donors (Lipinski definition) is 1. The first-order valence-corrected chi connectivity index (χ1v) is 6.18. The van der Waals surface area contributed by atoms with Gasteiger partial charge in [0.25, 0.3) is 5.91 Å². The summed E-state index contributed by atoms with van der Waals surface area (Å²) in [5.74, 6) is -1.17. The van der Waals surface area contributed by atoms with Gasteiger partial charge < -0.3 is 10.0 Å². The summed E-state index contributed by atoms with van der Waals surface area (Å²) in [5, 5.41) is 9.65. The predicted molar refractivity (Wildman–Crippen MR) is 67.9 cm³/mol. The first kappa shape index (κ1) is 12.9. The molecule has 0 spiro atoms. The van der Waals surface area contributed by atoms with Crippen LogP contribution in [-0.4, -0.2) is 34.5 Å². The standard InChI is InChI=1S/C13H14ClNO3/c1-8-7-9(14)4-5-10(8)12(16)15-6-2-3-11(15)13(17)18/h4-5,7,11H,2-3,6H2,1H3,(H,17,18). The van der Waals surface area contributed by atoms with Crippen molar-refractivity contribution in [1.82, 2.24) is 4.90 Å². The Balaban J connectivity index is 2.28. The van der Waals surface area contributed by atoms with Gasteiger partial charge in [0.1, 0.15) is 6.04 Å². The number of rotatable bonds is 2. The number of carbonyl (C=O) groups excluding carboxylic acids is 1. The summed E-state index contributed by atoms with van der Waals surface area (Å²) in [6.07, 6.45) is 1.25. The SMILES string of the molecule is Cc1cc(Cl)ccc1C(=O)N1CCCC1C(=O)O. The third-order valence-corrected chi connectivity index (χ3v) is 3.45. The van der Waals surface area contributed by atoms with Gasteiger partial charge in [0.2, 0.25) is 0 Å². The van der Waals surface area contributed by atoms with Crippen molar-refractivity contribution in [3.8, 4) is 0 Å². The van der Waals surface area contributed by atoms with Gasteiger partial charge in [0.05, 0.1) is 0 Å². The van der Waals surface area contributed by atoms with E-state index in [4.69, 9.17) is 16.7 Å². The van der Waals surface area contributed by atoms with Crippen molar-refractivity contribution in [3.05, 3.63) is 34.3 Å². The van der Waals surface area contributed by atoms with Gasteiger partial charge in [0, 0.05) is 17.1 Å². The van der Waals surface area contributed by atoms with E-state index in [1.807, 2.05) is 0 Å². The molecule has 1 fully saturated rings. The minimum atomic E-state index is -0.938. The van der Waals surface area contributed by atoms with Crippen LogP contribution >= 0.6 is 11.6 Å². The van der Waals surface area contributed by atoms with Crippen LogP contribution in [0, 0.1) is 6.92 Å². The summed E-state index contributed by atoms with van der Waals surface area (Å²) in [4.78, 5) is 24.8. The van der Waals surface area contributed by atoms with Crippen LogP contribution in [0.5, 0.6) is 0 Å². The van der Waals surface area contributed by atoms with Crippen molar-refractivity contribution in [2.45, 2.75) is 25.8 Å². The molecule has 5 heteroatoms. The molecule has 4 nitrogen and oxygen atoms in total. The van der Waals surface area contributed by atoms with Crippen molar-refractivity contribution in [2.75, 3.05) is 6.54 Å². The van der Waals surface area contributed by atoms with Crippen LogP contribution in [0.3, 0.4) is 0 Å². The molecule has 1 unspecified atom stereocenters. The second-order valence-electron chi connectivity index (χ2n) is 4.45. The lowest BCUT2D eigenvalue weighted by atomic mass is 10.1. The third kappa shape index (κ3) is 2.34. The van der Waals surface area contributed by atoms with Gasteiger partial charge in [-0.25, -0.2) is 4.79 Å². The average molecular weight is 268 g/mol. The molecule has 1 amide bonds. The van der Waals surface area contributed by atoms with Crippen molar-refractivity contribution in [3.63, 3.8) is 0 Å². The minimum absolute atomic E-state index is 0.228. The first-order chi connectivity index (χ1) is 8.50. The number of hydrogen-bond acceptors (Lipinski definition) is 2. The number of amides is 1. The Morgan fingerprint density at radius 1 is 1.44 bits per heavy atom. The van der Waals surface area contributed by atoms with Crippen LogP contribution in [0.1, 0.15) is 28.8 Å². The number of aryl methyl sites for hydroxylation is 1. The Hall–Kier alpha value is -1.55. The average Bonchev–Trinajstić information content (AvgIpc) is 2.77. The second-order valence-corrected chi connectivity index (χ2v) is 4.89. The molecule has 96 valence electrons. The molecule has 1 atom stereocenters. The maximum atomic E-state index is 12.3. The van der Waals surface area contributed by atoms with Crippen molar-refractivity contribution in [1.29, 1.82) is 0 Å². The summed E-state index contributed by atoms with van der Waals surface area (Å²) in [7, 11) is 0. The number of carbonyl (C=O) groups is 2. The van der Waals surface area contributed by atoms with Gasteiger partial charge in [0.15, 0.2) is 0 Å². The molecule has 0 aliphatic carbocycles. The van der Waals surface area contributed by atoms with Gasteiger partial charge >= 0.3 is 5.97 Å². The third-order valence-electron chi connectivity index (χ3n) is 3.22. The lowest BCUT2D eigenvalue weighted by Gasteiger charge is -2.22. The Labute approximate surface area is 110 Å². The fraction of sp³-hybridized carbons (Fsp3) is 0.385. The highest BCUT2D eigenvalue weighted by Gasteiger charge is 2.34. The second kappa shape index (κ2) is 4.98. The van der Waals surface area contributed by atoms with E-state index in [0.717, 1.165) is 12.0 Å². The van der Waals surface area contributed by atoms with Crippen molar-refractivity contribution < 1.29 is 14.7 Å². The van der Waals surface area contributed by atoms with Crippen LogP contribution in [0.2, 0.25) is 5.02 Å². The fourth-order valence-electron chi connectivity index (χ4n) is 2.29. The van der Waals surface area contributed by atoms with E-state index in [9.17, 15) is 9.59 Å². The normalized spacial score (nSPS) is 19.0. The molecular weight excluding hydrogens is 254 g/mol. The molecule has 1 aliphatic rings. The van der Waals surface area contributed by atoms with E-state index in [1.165, 1.54) is 4.90 Å². The highest BCUT2D eigenvalue weighted by molar-refractivity contribution is 6.30. The summed E-state index contributed by atoms with van der Waals surface area (Å²) < 4.78 is 0. The summed E-state index contributed by atoms with van der Waals surface area (Å²) in [6, 6.07) is 4.30. The van der Waals surface area contributed by atoms with E-state index in [1.54, 1.807) is 25.1 Å². The molecule has 1 heterocycles. The highest BCUT2D eigenvalue weighted by Crippen LogP contribution is 2.23. The summed E-state index contributed by atoms with van der Waals surface area (Å²) in [6.45, 7) is 2.29. The molecule has 18 heavy (non-hydrogen) atoms. The lowest BCUT2D eigenvalue weighted by Crippen LogP contribution is -2.40. The van der Waals surface area contributed by atoms with Gasteiger partial charge in [-0.1, -0.05) is 11.6 Å². The molecule has 1 aromatic carbocycles. The molecule has 1 N–H and O–H groups in total. The summed E-state index contributed by atoms with van der Waals surface area (Å²) in [5.41, 5.74) is 1.29. The van der Waals surface area contributed by atoms with Crippen LogP contribution in [-0.2, 0) is 4.79 Å². The maximum Gasteiger partial charge on any atom is 0.326 e. The van der Waals surface area contributed by atoms with E-state index >= 15 is 0 Å². The van der Waals surface area contributed by atoms with Crippen LogP contribution in [0.15, 0.2) is 18.2 Å². The van der Waals surface area contributed by atoms with Gasteiger partial charge in [-0.2, -0.15) is 0 Å². The monoisotopic (exact) mass is 267 g/mol. The Bertz CT molecular complexity index is 501. The largest absolute Gasteiger partial charge is 0.480 e. The van der Waals surface area contributed by atoms with Gasteiger partial charge in [-0.15, -0.1) is 0 Å². The molecule has 1 aliphatic heterocycles. The van der Waals surface area contributed by atoms with Crippen LogP contribution in [0.25, 0.3) is 0 Å². The lowest BCUT2D eigenvalue weighted by molar-refractivity contribution is -0.141. The highest BCUT2D eigenvalue weighted by atomic mass is 35.5. The molecular formula is C13H14ClNO3. The minimum Gasteiger partial charge on any atom is -0.480 e. The van der Waals surface area contributed by atoms with Gasteiger partial charge in [-0.05, 0) is 43.5 Å². The van der Waals surface area contributed by atoms with E-state index < -0.39 is 12.0 Å². The molecule has 2 rings (SSSR count). The quantitative estimate of drug-likeness (QED) is 0.895. The zero-order valence-electron chi connectivity index (χ0n) is 10.0. The number of nitrogens with zero attached hydrogens (tertiary/aromatic N) is 1. The van der Waals surface area contributed by atoms with Crippen LogP contribution in [0.4, 0.5) is 0 Å². The van der Waals surface area contributed by atoms with Crippen molar-refractivity contribution in [2.24, 2.45) is 0 Å². The molecule has 0 aromatic heterocycles. The Kier molecular flexibility index (Phi) is 3.57. The zero-order chi connectivity index (χ0) is 13.3. The van der Waals surface area contributed by atoms with Gasteiger partial charge in [-0.3, -0.25) is 4.79 Å². The fourth-order valence-corrected chi connectivity index (χ4v) is 2.51. The number of carboxylic acid groups (broad SMARTS) is 1. The van der Waals surface area contributed by atoms with Crippen LogP contribution < -0.4 is 0 Å². The Morgan fingerprint density at radius 3 is 2.78 bits per heavy atom. The number of benzene rings is 1. The van der Waals surface area contributed by atoms with Crippen molar-refractivity contribution >= 4 is 23.5 Å². The molecule has 0 bridgehead atoms. The number of carboxylic acids is 1.